The zero-order valence-electron chi connectivity index (χ0n) is 15.1. The minimum atomic E-state index is -3.64. The molecule has 3 rings (SSSR count). The van der Waals surface area contributed by atoms with E-state index in [1.807, 2.05) is 19.9 Å². The van der Waals surface area contributed by atoms with Crippen molar-refractivity contribution in [2.75, 3.05) is 7.05 Å². The Morgan fingerprint density at radius 2 is 1.96 bits per heavy atom. The minimum absolute atomic E-state index is 0.100. The molecule has 1 aromatic heterocycles. The summed E-state index contributed by atoms with van der Waals surface area (Å²) >= 11 is 7.37. The molecule has 0 unspecified atom stereocenters. The first-order valence-electron chi connectivity index (χ1n) is 8.38. The number of sulfonamides is 1. The van der Waals surface area contributed by atoms with Crippen LogP contribution in [0.2, 0.25) is 4.34 Å². The number of carbonyl (C=O) groups is 1. The lowest BCUT2D eigenvalue weighted by Gasteiger charge is -2.23. The molecule has 2 heterocycles. The standard InChI is InChI=1S/C18H20ClN3O3S2/c1-11(2)16(18(23)22(3)10-12-8-9-15(19)26-12)20-17-13-6-4-5-7-14(13)27(24,25)21-17/h4-9,11,16H,10H2,1-3H3,(H,20,21)/t16-/m0/s1. The molecule has 0 aliphatic carbocycles. The molecule has 6 nitrogen and oxygen atoms in total. The Hall–Kier alpha value is -1.90. The Bertz CT molecular complexity index is 999. The zero-order valence-corrected chi connectivity index (χ0v) is 17.5. The van der Waals surface area contributed by atoms with E-state index in [2.05, 4.69) is 9.71 Å². The average molecular weight is 426 g/mol. The number of thiophene rings is 1. The second-order valence-electron chi connectivity index (χ2n) is 6.67. The van der Waals surface area contributed by atoms with Crippen LogP contribution in [0.5, 0.6) is 0 Å². The van der Waals surface area contributed by atoms with Crippen LogP contribution in [-0.4, -0.2) is 38.2 Å². The first-order chi connectivity index (χ1) is 12.7. The molecule has 0 fully saturated rings. The van der Waals surface area contributed by atoms with E-state index in [-0.39, 0.29) is 22.6 Å². The monoisotopic (exact) mass is 425 g/mol. The summed E-state index contributed by atoms with van der Waals surface area (Å²) in [7, 11) is -1.93. The maximum absolute atomic E-state index is 13.0. The highest BCUT2D eigenvalue weighted by molar-refractivity contribution is 7.90. The number of fused-ring (bicyclic) bond motifs is 1. The van der Waals surface area contributed by atoms with Crippen LogP contribution in [0.25, 0.3) is 0 Å². The lowest BCUT2D eigenvalue weighted by Crippen LogP contribution is -2.39. The summed E-state index contributed by atoms with van der Waals surface area (Å²) in [6.45, 7) is 4.20. The van der Waals surface area contributed by atoms with Gasteiger partial charge in [0.2, 0.25) is 5.91 Å². The highest BCUT2D eigenvalue weighted by atomic mass is 35.5. The maximum Gasteiger partial charge on any atom is 0.263 e. The summed E-state index contributed by atoms with van der Waals surface area (Å²) in [5.74, 6) is -0.0625. The fourth-order valence-electron chi connectivity index (χ4n) is 2.83. The number of amides is 1. The number of aliphatic imine (C=N–C) groups is 1. The molecule has 1 N–H and O–H groups in total. The van der Waals surface area contributed by atoms with Gasteiger partial charge in [-0.3, -0.25) is 14.5 Å². The van der Waals surface area contributed by atoms with Gasteiger partial charge in [0.1, 0.15) is 11.9 Å². The van der Waals surface area contributed by atoms with Crippen molar-refractivity contribution in [2.24, 2.45) is 10.9 Å². The number of carbonyl (C=O) groups excluding carboxylic acids is 1. The zero-order chi connectivity index (χ0) is 19.8. The van der Waals surface area contributed by atoms with Crippen molar-refractivity contribution in [3.63, 3.8) is 0 Å². The van der Waals surface area contributed by atoms with Crippen molar-refractivity contribution >= 4 is 44.7 Å². The van der Waals surface area contributed by atoms with E-state index in [1.165, 1.54) is 17.4 Å². The Balaban J connectivity index is 1.88. The third-order valence-electron chi connectivity index (χ3n) is 4.21. The van der Waals surface area contributed by atoms with E-state index >= 15 is 0 Å². The molecule has 1 aromatic carbocycles. The van der Waals surface area contributed by atoms with Gasteiger partial charge >= 0.3 is 0 Å². The van der Waals surface area contributed by atoms with Gasteiger partial charge in [0, 0.05) is 17.5 Å². The average Bonchev–Trinajstić information content (AvgIpc) is 3.12. The number of rotatable bonds is 5. The number of nitrogens with zero attached hydrogens (tertiary/aromatic N) is 2. The molecule has 0 saturated heterocycles. The number of hydrogen-bond donors (Lipinski definition) is 1. The van der Waals surface area contributed by atoms with Gasteiger partial charge in [-0.2, -0.15) is 0 Å². The number of nitrogens with one attached hydrogen (secondary N) is 1. The minimum Gasteiger partial charge on any atom is -0.339 e. The Kier molecular flexibility index (Phi) is 5.60. The molecule has 27 heavy (non-hydrogen) atoms. The van der Waals surface area contributed by atoms with Crippen molar-refractivity contribution in [3.05, 3.63) is 51.2 Å². The number of hydrogen-bond acceptors (Lipinski definition) is 5. The van der Waals surface area contributed by atoms with Crippen LogP contribution < -0.4 is 4.72 Å². The van der Waals surface area contributed by atoms with Gasteiger partial charge in [-0.15, -0.1) is 11.3 Å². The quantitative estimate of drug-likeness (QED) is 0.799. The summed E-state index contributed by atoms with van der Waals surface area (Å²) in [4.78, 5) is 20.2. The topological polar surface area (TPSA) is 78.8 Å². The summed E-state index contributed by atoms with van der Waals surface area (Å²) in [6, 6.07) is 9.60. The van der Waals surface area contributed by atoms with Crippen LogP contribution >= 0.6 is 22.9 Å². The van der Waals surface area contributed by atoms with Crippen LogP contribution in [0.4, 0.5) is 0 Å². The first-order valence-corrected chi connectivity index (χ1v) is 11.1. The Morgan fingerprint density at radius 3 is 2.59 bits per heavy atom. The lowest BCUT2D eigenvalue weighted by atomic mass is 10.0. The third kappa shape index (κ3) is 4.17. The fourth-order valence-corrected chi connectivity index (χ4v) is 5.21. The molecule has 1 atom stereocenters. The molecule has 1 aliphatic rings. The molecular weight excluding hydrogens is 406 g/mol. The van der Waals surface area contributed by atoms with E-state index in [0.29, 0.717) is 16.4 Å². The highest BCUT2D eigenvalue weighted by Gasteiger charge is 2.33. The molecule has 1 amide bonds. The van der Waals surface area contributed by atoms with Crippen molar-refractivity contribution in [1.82, 2.24) is 9.62 Å². The molecule has 1 aliphatic heterocycles. The molecule has 0 saturated carbocycles. The van der Waals surface area contributed by atoms with Gasteiger partial charge in [0.05, 0.1) is 15.8 Å². The normalized spacial score (nSPS) is 17.6. The molecule has 0 spiro atoms. The molecule has 0 radical (unpaired) electrons. The van der Waals surface area contributed by atoms with Crippen LogP contribution in [-0.2, 0) is 21.4 Å². The van der Waals surface area contributed by atoms with Gasteiger partial charge in [0.15, 0.2) is 0 Å². The highest BCUT2D eigenvalue weighted by Crippen LogP contribution is 2.25. The van der Waals surface area contributed by atoms with Gasteiger partial charge in [-0.1, -0.05) is 37.6 Å². The first kappa shape index (κ1) is 19.9. The third-order valence-corrected chi connectivity index (χ3v) is 6.83. The summed E-state index contributed by atoms with van der Waals surface area (Å²) in [5.41, 5.74) is 0.489. The van der Waals surface area contributed by atoms with Crippen LogP contribution in [0.1, 0.15) is 24.3 Å². The number of benzene rings is 1. The largest absolute Gasteiger partial charge is 0.339 e. The van der Waals surface area contributed by atoms with Gasteiger partial charge in [-0.25, -0.2) is 8.42 Å². The summed E-state index contributed by atoms with van der Waals surface area (Å²) in [6.07, 6.45) is 0. The molecular formula is C18H20ClN3O3S2. The predicted molar refractivity (Wildman–Crippen MR) is 108 cm³/mol. The van der Waals surface area contributed by atoms with Crippen LogP contribution in [0.3, 0.4) is 0 Å². The second-order valence-corrected chi connectivity index (χ2v) is 10.1. The van der Waals surface area contributed by atoms with E-state index in [4.69, 9.17) is 11.6 Å². The van der Waals surface area contributed by atoms with Crippen molar-refractivity contribution in [3.8, 4) is 0 Å². The Labute approximate surface area is 167 Å². The molecule has 9 heteroatoms. The van der Waals surface area contributed by atoms with E-state index < -0.39 is 16.1 Å². The number of halogens is 1. The number of likely N-dealkylation sites (N-methyl/N-ethyl adjacent to an activating group) is 1. The van der Waals surface area contributed by atoms with E-state index in [9.17, 15) is 13.2 Å². The van der Waals surface area contributed by atoms with E-state index in [1.54, 1.807) is 36.2 Å². The molecule has 144 valence electrons. The van der Waals surface area contributed by atoms with Crippen LogP contribution in [0, 0.1) is 5.92 Å². The van der Waals surface area contributed by atoms with Gasteiger partial charge < -0.3 is 4.90 Å². The fraction of sp³-hybridized carbons (Fsp3) is 0.333. The smallest absolute Gasteiger partial charge is 0.263 e. The predicted octanol–water partition coefficient (Wildman–Crippen LogP) is 3.12. The van der Waals surface area contributed by atoms with Crippen molar-refractivity contribution < 1.29 is 13.2 Å². The van der Waals surface area contributed by atoms with Gasteiger partial charge in [-0.05, 0) is 30.2 Å². The van der Waals surface area contributed by atoms with Crippen molar-refractivity contribution in [2.45, 2.75) is 31.3 Å². The van der Waals surface area contributed by atoms with Gasteiger partial charge in [0.25, 0.3) is 10.0 Å². The van der Waals surface area contributed by atoms with Crippen LogP contribution in [0.15, 0.2) is 46.3 Å². The molecule has 0 bridgehead atoms. The maximum atomic E-state index is 13.0. The summed E-state index contributed by atoms with van der Waals surface area (Å²) in [5, 5.41) is 0. The summed E-state index contributed by atoms with van der Waals surface area (Å²) < 4.78 is 27.7. The van der Waals surface area contributed by atoms with Crippen molar-refractivity contribution in [1.29, 1.82) is 0 Å². The Morgan fingerprint density at radius 1 is 1.26 bits per heavy atom. The molecule has 2 aromatic rings. The SMILES string of the molecule is CC(C)[C@H](N=C1NS(=O)(=O)c2ccccc21)C(=O)N(C)Cc1ccc(Cl)s1. The lowest BCUT2D eigenvalue weighted by molar-refractivity contribution is -0.132. The van der Waals surface area contributed by atoms with E-state index in [0.717, 1.165) is 4.88 Å². The second kappa shape index (κ2) is 7.61. The number of amidine groups is 1.